The summed E-state index contributed by atoms with van der Waals surface area (Å²) in [7, 11) is 1.62. The lowest BCUT2D eigenvalue weighted by Crippen LogP contribution is -2.43. The smallest absolute Gasteiger partial charge is 0.251 e. The van der Waals surface area contributed by atoms with Gasteiger partial charge in [-0.3, -0.25) is 4.79 Å². The zero-order valence-corrected chi connectivity index (χ0v) is 15.0. The van der Waals surface area contributed by atoms with Gasteiger partial charge in [0.2, 0.25) is 0 Å². The first kappa shape index (κ1) is 17.5. The van der Waals surface area contributed by atoms with Crippen molar-refractivity contribution in [3.05, 3.63) is 47.5 Å². The van der Waals surface area contributed by atoms with Crippen molar-refractivity contribution in [2.45, 2.75) is 45.4 Å². The molecule has 6 heteroatoms. The molecule has 0 bridgehead atoms. The number of imidazole rings is 1. The summed E-state index contributed by atoms with van der Waals surface area (Å²) in [5.74, 6) is 1.53. The van der Waals surface area contributed by atoms with E-state index in [0.717, 1.165) is 36.5 Å². The number of benzene rings is 1. The maximum atomic E-state index is 12.8. The number of amides is 1. The van der Waals surface area contributed by atoms with E-state index >= 15 is 0 Å². The highest BCUT2D eigenvalue weighted by Crippen LogP contribution is 2.28. The van der Waals surface area contributed by atoms with Gasteiger partial charge in [0.05, 0.1) is 13.2 Å². The number of aromatic nitrogens is 2. The van der Waals surface area contributed by atoms with E-state index in [9.17, 15) is 4.79 Å². The topological polar surface area (TPSA) is 65.4 Å². The predicted molar refractivity (Wildman–Crippen MR) is 94.8 cm³/mol. The summed E-state index contributed by atoms with van der Waals surface area (Å²) in [6.07, 6.45) is 5.31. The number of ether oxygens (including phenoxy) is 2. The van der Waals surface area contributed by atoms with Gasteiger partial charge in [-0.05, 0) is 50.5 Å². The molecule has 0 radical (unpaired) electrons. The van der Waals surface area contributed by atoms with Crippen LogP contribution in [0.1, 0.15) is 47.6 Å². The molecule has 134 valence electrons. The summed E-state index contributed by atoms with van der Waals surface area (Å²) in [4.78, 5) is 17.2. The Kier molecular flexibility index (Phi) is 5.38. The number of nitrogens with one attached hydrogen (secondary N) is 1. The molecule has 1 aromatic carbocycles. The van der Waals surface area contributed by atoms with Gasteiger partial charge in [-0.15, -0.1) is 0 Å². The SMILES string of the molecule is CCn1ccnc1[C@@H]1OCCC[C@H]1NC(=O)c1ccc(OC)cc1C. The largest absolute Gasteiger partial charge is 0.497 e. The van der Waals surface area contributed by atoms with Gasteiger partial charge in [0, 0.05) is 31.1 Å². The number of hydrogen-bond acceptors (Lipinski definition) is 4. The van der Waals surface area contributed by atoms with Crippen molar-refractivity contribution < 1.29 is 14.3 Å². The molecular formula is C19H25N3O3. The maximum absolute atomic E-state index is 12.8. The van der Waals surface area contributed by atoms with Gasteiger partial charge < -0.3 is 19.4 Å². The number of aryl methyl sites for hydroxylation is 2. The van der Waals surface area contributed by atoms with E-state index in [1.165, 1.54) is 0 Å². The third-order valence-corrected chi connectivity index (χ3v) is 4.66. The molecule has 2 atom stereocenters. The van der Waals surface area contributed by atoms with E-state index in [0.29, 0.717) is 12.2 Å². The monoisotopic (exact) mass is 343 g/mol. The van der Waals surface area contributed by atoms with Crippen LogP contribution in [0.3, 0.4) is 0 Å². The molecule has 25 heavy (non-hydrogen) atoms. The third kappa shape index (κ3) is 3.69. The molecule has 2 heterocycles. The van der Waals surface area contributed by atoms with Gasteiger partial charge in [-0.1, -0.05) is 0 Å². The molecule has 1 aliphatic heterocycles. The lowest BCUT2D eigenvalue weighted by atomic mass is 10.00. The first-order chi connectivity index (χ1) is 12.1. The van der Waals surface area contributed by atoms with Crippen LogP contribution in [0.2, 0.25) is 0 Å². The third-order valence-electron chi connectivity index (χ3n) is 4.66. The van der Waals surface area contributed by atoms with E-state index in [2.05, 4.69) is 21.8 Å². The van der Waals surface area contributed by atoms with Crippen molar-refractivity contribution >= 4 is 5.91 Å². The van der Waals surface area contributed by atoms with Crippen LogP contribution in [-0.2, 0) is 11.3 Å². The van der Waals surface area contributed by atoms with Crippen LogP contribution in [0.5, 0.6) is 5.75 Å². The van der Waals surface area contributed by atoms with Crippen LogP contribution in [0.15, 0.2) is 30.6 Å². The highest BCUT2D eigenvalue weighted by atomic mass is 16.5. The van der Waals surface area contributed by atoms with Crippen molar-refractivity contribution in [1.29, 1.82) is 0 Å². The van der Waals surface area contributed by atoms with Crippen LogP contribution >= 0.6 is 0 Å². The molecule has 0 saturated carbocycles. The summed E-state index contributed by atoms with van der Waals surface area (Å²) in [6.45, 7) is 5.50. The second-order valence-electron chi connectivity index (χ2n) is 6.27. The molecule has 2 aromatic rings. The summed E-state index contributed by atoms with van der Waals surface area (Å²) in [6, 6.07) is 5.39. The predicted octanol–water partition coefficient (Wildman–Crippen LogP) is 2.87. The second-order valence-corrected chi connectivity index (χ2v) is 6.27. The fourth-order valence-corrected chi connectivity index (χ4v) is 3.29. The molecule has 0 unspecified atom stereocenters. The zero-order valence-electron chi connectivity index (χ0n) is 15.0. The van der Waals surface area contributed by atoms with Crippen LogP contribution in [0.25, 0.3) is 0 Å². The summed E-state index contributed by atoms with van der Waals surface area (Å²) in [5.41, 5.74) is 1.55. The molecule has 0 aliphatic carbocycles. The number of carbonyl (C=O) groups is 1. The number of nitrogens with zero attached hydrogens (tertiary/aromatic N) is 2. The Morgan fingerprint density at radius 3 is 3.04 bits per heavy atom. The first-order valence-electron chi connectivity index (χ1n) is 8.72. The van der Waals surface area contributed by atoms with Crippen LogP contribution in [0.4, 0.5) is 0 Å². The Labute approximate surface area is 148 Å². The van der Waals surface area contributed by atoms with E-state index in [1.807, 2.05) is 19.2 Å². The van der Waals surface area contributed by atoms with Gasteiger partial charge >= 0.3 is 0 Å². The van der Waals surface area contributed by atoms with Crippen molar-refractivity contribution in [3.63, 3.8) is 0 Å². The number of hydrogen-bond donors (Lipinski definition) is 1. The Bertz CT molecular complexity index is 741. The number of methoxy groups -OCH3 is 1. The van der Waals surface area contributed by atoms with Crippen molar-refractivity contribution in [1.82, 2.24) is 14.9 Å². The van der Waals surface area contributed by atoms with Crippen LogP contribution < -0.4 is 10.1 Å². The van der Waals surface area contributed by atoms with Gasteiger partial charge in [0.1, 0.15) is 17.7 Å². The molecule has 1 aromatic heterocycles. The summed E-state index contributed by atoms with van der Waals surface area (Å²) in [5, 5.41) is 3.15. The molecular weight excluding hydrogens is 318 g/mol. The van der Waals surface area contributed by atoms with Crippen LogP contribution in [-0.4, -0.2) is 35.2 Å². The highest BCUT2D eigenvalue weighted by molar-refractivity contribution is 5.96. The lowest BCUT2D eigenvalue weighted by Gasteiger charge is -2.32. The maximum Gasteiger partial charge on any atom is 0.251 e. The first-order valence-corrected chi connectivity index (χ1v) is 8.72. The number of carbonyl (C=O) groups excluding carboxylic acids is 1. The minimum atomic E-state index is -0.216. The standard InChI is InChI=1S/C19H25N3O3/c1-4-22-10-9-20-18(22)17-16(6-5-11-25-17)21-19(23)15-8-7-14(24-3)12-13(15)2/h7-10,12,16-17H,4-6,11H2,1-3H3,(H,21,23)/t16-,17-/m1/s1. The molecule has 1 N–H and O–H groups in total. The van der Waals surface area contributed by atoms with E-state index in [4.69, 9.17) is 9.47 Å². The van der Waals surface area contributed by atoms with E-state index in [1.54, 1.807) is 25.4 Å². The summed E-state index contributed by atoms with van der Waals surface area (Å²) < 4.78 is 13.2. The van der Waals surface area contributed by atoms with Gasteiger partial charge in [-0.25, -0.2) is 4.98 Å². The summed E-state index contributed by atoms with van der Waals surface area (Å²) >= 11 is 0. The Hall–Kier alpha value is -2.34. The molecule has 0 spiro atoms. The van der Waals surface area contributed by atoms with E-state index in [-0.39, 0.29) is 18.1 Å². The molecule has 3 rings (SSSR count). The molecule has 1 saturated heterocycles. The molecule has 6 nitrogen and oxygen atoms in total. The van der Waals surface area contributed by atoms with Crippen molar-refractivity contribution in [2.75, 3.05) is 13.7 Å². The fourth-order valence-electron chi connectivity index (χ4n) is 3.29. The zero-order chi connectivity index (χ0) is 17.8. The molecule has 1 fully saturated rings. The number of rotatable bonds is 5. The minimum Gasteiger partial charge on any atom is -0.497 e. The van der Waals surface area contributed by atoms with Gasteiger partial charge in [0.25, 0.3) is 5.91 Å². The van der Waals surface area contributed by atoms with Gasteiger partial charge in [-0.2, -0.15) is 0 Å². The fraction of sp³-hybridized carbons (Fsp3) is 0.474. The van der Waals surface area contributed by atoms with Crippen molar-refractivity contribution in [3.8, 4) is 5.75 Å². The average molecular weight is 343 g/mol. The Morgan fingerprint density at radius 2 is 2.32 bits per heavy atom. The van der Waals surface area contributed by atoms with Crippen LogP contribution in [0, 0.1) is 6.92 Å². The average Bonchev–Trinajstić information content (AvgIpc) is 3.10. The minimum absolute atomic E-state index is 0.0875. The molecule has 1 amide bonds. The second kappa shape index (κ2) is 7.70. The van der Waals surface area contributed by atoms with E-state index < -0.39 is 0 Å². The lowest BCUT2D eigenvalue weighted by molar-refractivity contribution is -0.0163. The highest BCUT2D eigenvalue weighted by Gasteiger charge is 2.32. The Morgan fingerprint density at radius 1 is 1.48 bits per heavy atom. The Balaban J connectivity index is 1.79. The van der Waals surface area contributed by atoms with Gasteiger partial charge in [0.15, 0.2) is 0 Å². The normalized spacial score (nSPS) is 20.3. The van der Waals surface area contributed by atoms with Crippen molar-refractivity contribution in [2.24, 2.45) is 0 Å². The quantitative estimate of drug-likeness (QED) is 0.907. The molecule has 1 aliphatic rings.